The summed E-state index contributed by atoms with van der Waals surface area (Å²) in [6, 6.07) is 10.3. The van der Waals surface area contributed by atoms with Crippen molar-refractivity contribution in [3.8, 4) is 0 Å². The maximum absolute atomic E-state index is 12.3. The van der Waals surface area contributed by atoms with Gasteiger partial charge in [-0.1, -0.05) is 30.3 Å². The molecule has 1 N–H and O–H groups in total. The monoisotopic (exact) mass is 312 g/mol. The molecule has 120 valence electrons. The predicted molar refractivity (Wildman–Crippen MR) is 84.4 cm³/mol. The van der Waals surface area contributed by atoms with E-state index in [0.717, 1.165) is 31.0 Å². The molecule has 6 heteroatoms. The molecule has 2 aliphatic rings. The number of hydrogen-bond acceptors (Lipinski definition) is 4. The highest BCUT2D eigenvalue weighted by Crippen LogP contribution is 2.26. The first kappa shape index (κ1) is 14.4. The number of aromatic nitrogens is 2. The molecule has 2 saturated heterocycles. The van der Waals surface area contributed by atoms with Gasteiger partial charge in [0.2, 0.25) is 5.91 Å². The molecular weight excluding hydrogens is 292 g/mol. The average molecular weight is 312 g/mol. The fourth-order valence-electron chi connectivity index (χ4n) is 3.45. The molecular formula is C17H20N4O2. The van der Waals surface area contributed by atoms with Crippen molar-refractivity contribution in [1.82, 2.24) is 19.8 Å². The molecule has 23 heavy (non-hydrogen) atoms. The zero-order valence-corrected chi connectivity index (χ0v) is 12.9. The summed E-state index contributed by atoms with van der Waals surface area (Å²) in [5.41, 5.74) is 1.16. The second kappa shape index (κ2) is 6.14. The van der Waals surface area contributed by atoms with Crippen LogP contribution in [0.2, 0.25) is 0 Å². The molecule has 2 unspecified atom stereocenters. The Balaban J connectivity index is 1.47. The molecule has 1 amide bonds. The van der Waals surface area contributed by atoms with E-state index in [9.17, 15) is 4.79 Å². The number of nitrogens with zero attached hydrogens (tertiary/aromatic N) is 3. The van der Waals surface area contributed by atoms with E-state index in [2.05, 4.69) is 27.0 Å². The number of nitrogens with one attached hydrogen (secondary N) is 1. The van der Waals surface area contributed by atoms with Crippen molar-refractivity contribution in [2.45, 2.75) is 25.2 Å². The number of rotatable bonds is 4. The smallest absolute Gasteiger partial charge is 0.249 e. The van der Waals surface area contributed by atoms with Gasteiger partial charge in [0, 0.05) is 32.0 Å². The van der Waals surface area contributed by atoms with Crippen LogP contribution in [0.25, 0.3) is 0 Å². The van der Waals surface area contributed by atoms with Crippen LogP contribution in [-0.2, 0) is 22.6 Å². The molecule has 0 aliphatic carbocycles. The lowest BCUT2D eigenvalue weighted by Gasteiger charge is -2.36. The van der Waals surface area contributed by atoms with E-state index >= 15 is 0 Å². The third kappa shape index (κ3) is 3.00. The topological polar surface area (TPSA) is 61.5 Å². The second-order valence-electron chi connectivity index (χ2n) is 6.15. The number of likely N-dealkylation sites (tertiary alicyclic amines) is 1. The Morgan fingerprint density at radius 1 is 1.22 bits per heavy atom. The van der Waals surface area contributed by atoms with E-state index in [1.807, 2.05) is 29.3 Å². The Hall–Kier alpha value is -2.18. The minimum atomic E-state index is 0.0787. The Morgan fingerprint density at radius 3 is 2.87 bits per heavy atom. The number of carbonyl (C=O) groups excluding carboxylic acids is 1. The lowest BCUT2D eigenvalue weighted by Crippen LogP contribution is -2.53. The normalized spacial score (nSPS) is 24.9. The van der Waals surface area contributed by atoms with Crippen LogP contribution < -0.4 is 0 Å². The SMILES string of the molecule is O=C1COC2CN(Cc3ncc[nH]3)CC2N1Cc1ccccc1. The third-order valence-electron chi connectivity index (χ3n) is 4.58. The summed E-state index contributed by atoms with van der Waals surface area (Å²) in [7, 11) is 0. The number of hydrogen-bond donors (Lipinski definition) is 1. The van der Waals surface area contributed by atoms with Crippen molar-refractivity contribution in [1.29, 1.82) is 0 Å². The quantitative estimate of drug-likeness (QED) is 0.916. The summed E-state index contributed by atoms with van der Waals surface area (Å²) in [5, 5.41) is 0. The van der Waals surface area contributed by atoms with Gasteiger partial charge in [-0.15, -0.1) is 0 Å². The van der Waals surface area contributed by atoms with E-state index in [4.69, 9.17) is 4.74 Å². The van der Waals surface area contributed by atoms with E-state index < -0.39 is 0 Å². The highest BCUT2D eigenvalue weighted by atomic mass is 16.5. The van der Waals surface area contributed by atoms with E-state index in [-0.39, 0.29) is 24.7 Å². The van der Waals surface area contributed by atoms with E-state index in [0.29, 0.717) is 6.54 Å². The standard InChI is InChI=1S/C17H20N4O2/c22-17-12-23-15-10-20(11-16-18-6-7-19-16)9-14(15)21(17)8-13-4-2-1-3-5-13/h1-7,14-15H,8-12H2,(H,18,19). The first-order chi connectivity index (χ1) is 11.3. The number of fused-ring (bicyclic) bond motifs is 1. The van der Waals surface area contributed by atoms with Crippen LogP contribution >= 0.6 is 0 Å². The fourth-order valence-corrected chi connectivity index (χ4v) is 3.45. The highest BCUT2D eigenvalue weighted by Gasteiger charge is 2.43. The minimum absolute atomic E-state index is 0.0787. The maximum Gasteiger partial charge on any atom is 0.249 e. The summed E-state index contributed by atoms with van der Waals surface area (Å²) in [4.78, 5) is 24.0. The molecule has 1 aromatic heterocycles. The van der Waals surface area contributed by atoms with Crippen LogP contribution in [0.3, 0.4) is 0 Å². The van der Waals surface area contributed by atoms with Crippen LogP contribution in [-0.4, -0.2) is 57.5 Å². The Bertz CT molecular complexity index is 658. The Morgan fingerprint density at radius 2 is 2.09 bits per heavy atom. The van der Waals surface area contributed by atoms with Crippen molar-refractivity contribution in [3.63, 3.8) is 0 Å². The van der Waals surface area contributed by atoms with Gasteiger partial charge < -0.3 is 14.6 Å². The average Bonchev–Trinajstić information content (AvgIpc) is 3.21. The van der Waals surface area contributed by atoms with Crippen LogP contribution in [0.5, 0.6) is 0 Å². The first-order valence-electron chi connectivity index (χ1n) is 7.95. The van der Waals surface area contributed by atoms with Crippen molar-refractivity contribution < 1.29 is 9.53 Å². The number of H-pyrrole nitrogens is 1. The summed E-state index contributed by atoms with van der Waals surface area (Å²) in [6.07, 6.45) is 3.69. The highest BCUT2D eigenvalue weighted by molar-refractivity contribution is 5.78. The molecule has 6 nitrogen and oxygen atoms in total. The third-order valence-corrected chi connectivity index (χ3v) is 4.58. The van der Waals surface area contributed by atoms with Crippen LogP contribution in [0.4, 0.5) is 0 Å². The van der Waals surface area contributed by atoms with Crippen LogP contribution in [0.1, 0.15) is 11.4 Å². The van der Waals surface area contributed by atoms with Gasteiger partial charge >= 0.3 is 0 Å². The number of imidazole rings is 1. The van der Waals surface area contributed by atoms with Crippen LogP contribution in [0, 0.1) is 0 Å². The van der Waals surface area contributed by atoms with E-state index in [1.54, 1.807) is 6.20 Å². The van der Waals surface area contributed by atoms with Gasteiger partial charge in [-0.2, -0.15) is 0 Å². The summed E-state index contributed by atoms with van der Waals surface area (Å²) < 4.78 is 5.77. The van der Waals surface area contributed by atoms with E-state index in [1.165, 1.54) is 0 Å². The van der Waals surface area contributed by atoms with Crippen molar-refractivity contribution in [2.75, 3.05) is 19.7 Å². The lowest BCUT2D eigenvalue weighted by atomic mass is 10.1. The Kier molecular flexibility index (Phi) is 3.85. The van der Waals surface area contributed by atoms with Gasteiger partial charge in [0.05, 0.1) is 18.7 Å². The molecule has 0 saturated carbocycles. The molecule has 0 radical (unpaired) electrons. The number of aromatic amines is 1. The molecule has 0 spiro atoms. The molecule has 2 aromatic rings. The van der Waals surface area contributed by atoms with Crippen molar-refractivity contribution in [3.05, 3.63) is 54.1 Å². The summed E-state index contributed by atoms with van der Waals surface area (Å²) in [5.74, 6) is 1.03. The van der Waals surface area contributed by atoms with Gasteiger partial charge in [0.15, 0.2) is 0 Å². The largest absolute Gasteiger partial charge is 0.365 e. The van der Waals surface area contributed by atoms with Gasteiger partial charge in [-0.25, -0.2) is 4.98 Å². The summed E-state index contributed by atoms with van der Waals surface area (Å²) in [6.45, 7) is 3.26. The number of benzene rings is 1. The van der Waals surface area contributed by atoms with Gasteiger partial charge in [-0.3, -0.25) is 9.69 Å². The van der Waals surface area contributed by atoms with Crippen molar-refractivity contribution in [2.24, 2.45) is 0 Å². The van der Waals surface area contributed by atoms with Crippen LogP contribution in [0.15, 0.2) is 42.7 Å². The maximum atomic E-state index is 12.3. The van der Waals surface area contributed by atoms with Gasteiger partial charge in [0.25, 0.3) is 0 Å². The number of carbonyl (C=O) groups is 1. The summed E-state index contributed by atoms with van der Waals surface area (Å²) >= 11 is 0. The number of amides is 1. The first-order valence-corrected chi connectivity index (χ1v) is 7.95. The number of morpholine rings is 1. The molecule has 2 atom stereocenters. The molecule has 0 bridgehead atoms. The predicted octanol–water partition coefficient (Wildman–Crippen LogP) is 1.02. The number of ether oxygens (including phenoxy) is 1. The van der Waals surface area contributed by atoms with Gasteiger partial charge in [-0.05, 0) is 5.56 Å². The molecule has 1 aromatic carbocycles. The molecule has 2 aliphatic heterocycles. The minimum Gasteiger partial charge on any atom is -0.365 e. The Labute approximate surface area is 135 Å². The fraction of sp³-hybridized carbons (Fsp3) is 0.412. The zero-order chi connectivity index (χ0) is 15.6. The van der Waals surface area contributed by atoms with Gasteiger partial charge in [0.1, 0.15) is 12.4 Å². The second-order valence-corrected chi connectivity index (χ2v) is 6.15. The van der Waals surface area contributed by atoms with Crippen molar-refractivity contribution >= 4 is 5.91 Å². The zero-order valence-electron chi connectivity index (χ0n) is 12.9. The molecule has 2 fully saturated rings. The lowest BCUT2D eigenvalue weighted by molar-refractivity contribution is -0.153. The molecule has 4 rings (SSSR count). The molecule has 3 heterocycles.